The van der Waals surface area contributed by atoms with Crippen LogP contribution in [0.2, 0.25) is 0 Å². The number of benzene rings is 2. The molecule has 0 atom stereocenters. The number of carbonyl (C=O) groups is 1. The zero-order valence-corrected chi connectivity index (χ0v) is 12.7. The number of fused-ring (bicyclic) bond motifs is 1. The van der Waals surface area contributed by atoms with Gasteiger partial charge in [0.2, 0.25) is 0 Å². The van der Waals surface area contributed by atoms with Gasteiger partial charge in [-0.2, -0.15) is 0 Å². The second-order valence-electron chi connectivity index (χ2n) is 5.78. The molecule has 3 rings (SSSR count). The zero-order valence-electron chi connectivity index (χ0n) is 12.7. The topological polar surface area (TPSA) is 41.1 Å². The van der Waals surface area contributed by atoms with Gasteiger partial charge in [0, 0.05) is 23.5 Å². The number of carbonyl (C=O) groups excluding carboxylic acids is 1. The standard InChI is InChI=1S/C18H20N2O/c1-11-8-12(2)17(13(3)9-11)20-18(21)15-4-5-16-14(10-15)6-7-19-16/h4-5,8-10,19H,6-7H2,1-3H3,(H,20,21). The maximum Gasteiger partial charge on any atom is 0.255 e. The van der Waals surface area contributed by atoms with E-state index in [9.17, 15) is 4.79 Å². The molecular formula is C18H20N2O. The summed E-state index contributed by atoms with van der Waals surface area (Å²) in [6.45, 7) is 7.08. The van der Waals surface area contributed by atoms with E-state index in [2.05, 4.69) is 29.7 Å². The highest BCUT2D eigenvalue weighted by atomic mass is 16.1. The highest BCUT2D eigenvalue weighted by molar-refractivity contribution is 6.05. The first-order valence-corrected chi connectivity index (χ1v) is 7.30. The van der Waals surface area contributed by atoms with Crippen LogP contribution in [0, 0.1) is 20.8 Å². The van der Waals surface area contributed by atoms with Crippen molar-refractivity contribution in [3.8, 4) is 0 Å². The SMILES string of the molecule is Cc1cc(C)c(NC(=O)c2ccc3c(c2)CCN3)c(C)c1. The molecule has 108 valence electrons. The van der Waals surface area contributed by atoms with E-state index < -0.39 is 0 Å². The van der Waals surface area contributed by atoms with Gasteiger partial charge < -0.3 is 10.6 Å². The van der Waals surface area contributed by atoms with Gasteiger partial charge in [-0.3, -0.25) is 4.79 Å². The highest BCUT2D eigenvalue weighted by Crippen LogP contribution is 2.25. The van der Waals surface area contributed by atoms with Crippen molar-refractivity contribution in [1.82, 2.24) is 0 Å². The lowest BCUT2D eigenvalue weighted by molar-refractivity contribution is 0.102. The largest absolute Gasteiger partial charge is 0.384 e. The monoisotopic (exact) mass is 280 g/mol. The fourth-order valence-electron chi connectivity index (χ4n) is 3.01. The quantitative estimate of drug-likeness (QED) is 0.877. The van der Waals surface area contributed by atoms with E-state index in [1.165, 1.54) is 11.1 Å². The average molecular weight is 280 g/mol. The molecule has 1 aliphatic rings. The normalized spacial score (nSPS) is 12.7. The molecule has 21 heavy (non-hydrogen) atoms. The summed E-state index contributed by atoms with van der Waals surface area (Å²) in [6, 6.07) is 10.0. The molecule has 0 aromatic heterocycles. The maximum atomic E-state index is 12.5. The van der Waals surface area contributed by atoms with E-state index in [0.29, 0.717) is 0 Å². The summed E-state index contributed by atoms with van der Waals surface area (Å²) in [5.74, 6) is -0.0419. The third kappa shape index (κ3) is 2.64. The van der Waals surface area contributed by atoms with Crippen molar-refractivity contribution in [1.29, 1.82) is 0 Å². The Bertz CT molecular complexity index is 696. The second-order valence-corrected chi connectivity index (χ2v) is 5.78. The van der Waals surface area contributed by atoms with E-state index in [4.69, 9.17) is 0 Å². The molecule has 0 spiro atoms. The fraction of sp³-hybridized carbons (Fsp3) is 0.278. The van der Waals surface area contributed by atoms with E-state index in [-0.39, 0.29) is 5.91 Å². The molecule has 3 heteroatoms. The third-order valence-electron chi connectivity index (χ3n) is 3.99. The Morgan fingerprint density at radius 2 is 1.81 bits per heavy atom. The average Bonchev–Trinajstić information content (AvgIpc) is 2.89. The Morgan fingerprint density at radius 3 is 2.52 bits per heavy atom. The summed E-state index contributed by atoms with van der Waals surface area (Å²) in [7, 11) is 0. The molecule has 2 aromatic carbocycles. The Balaban J connectivity index is 1.87. The lowest BCUT2D eigenvalue weighted by atomic mass is 10.0. The minimum absolute atomic E-state index is 0.0419. The van der Waals surface area contributed by atoms with Gasteiger partial charge in [0.25, 0.3) is 5.91 Å². The summed E-state index contributed by atoms with van der Waals surface area (Å²) in [5, 5.41) is 6.36. The molecule has 3 nitrogen and oxygen atoms in total. The molecule has 0 aliphatic carbocycles. The number of anilines is 2. The third-order valence-corrected chi connectivity index (χ3v) is 3.99. The molecule has 0 unspecified atom stereocenters. The predicted molar refractivity (Wildman–Crippen MR) is 87.2 cm³/mol. The Hall–Kier alpha value is -2.29. The van der Waals surface area contributed by atoms with E-state index in [0.717, 1.165) is 41.0 Å². The molecule has 0 radical (unpaired) electrons. The number of amides is 1. The molecule has 2 N–H and O–H groups in total. The predicted octanol–water partition coefficient (Wildman–Crippen LogP) is 3.83. The molecule has 2 aromatic rings. The van der Waals surface area contributed by atoms with Gasteiger partial charge in [-0.05, 0) is 62.1 Å². The number of rotatable bonds is 2. The first-order valence-electron chi connectivity index (χ1n) is 7.30. The minimum Gasteiger partial charge on any atom is -0.384 e. The fourth-order valence-corrected chi connectivity index (χ4v) is 3.01. The van der Waals surface area contributed by atoms with Crippen molar-refractivity contribution in [2.45, 2.75) is 27.2 Å². The van der Waals surface area contributed by atoms with Gasteiger partial charge in [-0.15, -0.1) is 0 Å². The van der Waals surface area contributed by atoms with Crippen molar-refractivity contribution >= 4 is 17.3 Å². The van der Waals surface area contributed by atoms with Crippen molar-refractivity contribution in [2.24, 2.45) is 0 Å². The first-order chi connectivity index (χ1) is 10.0. The van der Waals surface area contributed by atoms with Crippen molar-refractivity contribution < 1.29 is 4.79 Å². The smallest absolute Gasteiger partial charge is 0.255 e. The van der Waals surface area contributed by atoms with Crippen LogP contribution in [0.1, 0.15) is 32.6 Å². The van der Waals surface area contributed by atoms with Crippen LogP contribution in [0.5, 0.6) is 0 Å². The molecule has 0 bridgehead atoms. The van der Waals surface area contributed by atoms with Crippen LogP contribution in [0.15, 0.2) is 30.3 Å². The van der Waals surface area contributed by atoms with Gasteiger partial charge in [0.15, 0.2) is 0 Å². The summed E-state index contributed by atoms with van der Waals surface area (Å²) in [5.41, 5.74) is 7.43. The lowest BCUT2D eigenvalue weighted by Crippen LogP contribution is -2.14. The van der Waals surface area contributed by atoms with Gasteiger partial charge in [-0.1, -0.05) is 17.7 Å². The van der Waals surface area contributed by atoms with Gasteiger partial charge in [0.1, 0.15) is 0 Å². The number of aryl methyl sites for hydroxylation is 3. The molecule has 0 saturated heterocycles. The van der Waals surface area contributed by atoms with Crippen LogP contribution < -0.4 is 10.6 Å². The Morgan fingerprint density at radius 1 is 1.10 bits per heavy atom. The molecule has 1 amide bonds. The molecule has 1 aliphatic heterocycles. The van der Waals surface area contributed by atoms with Crippen LogP contribution >= 0.6 is 0 Å². The summed E-state index contributed by atoms with van der Waals surface area (Å²) < 4.78 is 0. The van der Waals surface area contributed by atoms with Gasteiger partial charge in [0.05, 0.1) is 0 Å². The second kappa shape index (κ2) is 5.24. The molecule has 0 saturated carbocycles. The van der Waals surface area contributed by atoms with E-state index >= 15 is 0 Å². The number of hydrogen-bond donors (Lipinski definition) is 2. The highest BCUT2D eigenvalue weighted by Gasteiger charge is 2.15. The molecule has 0 fully saturated rings. The van der Waals surface area contributed by atoms with Gasteiger partial charge in [-0.25, -0.2) is 0 Å². The minimum atomic E-state index is -0.0419. The Labute approximate surface area is 125 Å². The Kier molecular flexibility index (Phi) is 3.42. The van der Waals surface area contributed by atoms with Crippen LogP contribution in [0.4, 0.5) is 11.4 Å². The van der Waals surface area contributed by atoms with Crippen LogP contribution in [-0.4, -0.2) is 12.5 Å². The van der Waals surface area contributed by atoms with Gasteiger partial charge >= 0.3 is 0 Å². The lowest BCUT2D eigenvalue weighted by Gasteiger charge is -2.13. The zero-order chi connectivity index (χ0) is 15.0. The van der Waals surface area contributed by atoms with Crippen molar-refractivity contribution in [3.63, 3.8) is 0 Å². The van der Waals surface area contributed by atoms with Crippen LogP contribution in [0.25, 0.3) is 0 Å². The van der Waals surface area contributed by atoms with Crippen molar-refractivity contribution in [2.75, 3.05) is 17.2 Å². The molecular weight excluding hydrogens is 260 g/mol. The first kappa shape index (κ1) is 13.7. The number of hydrogen-bond acceptors (Lipinski definition) is 2. The number of nitrogens with one attached hydrogen (secondary N) is 2. The summed E-state index contributed by atoms with van der Waals surface area (Å²) in [4.78, 5) is 12.5. The summed E-state index contributed by atoms with van der Waals surface area (Å²) >= 11 is 0. The maximum absolute atomic E-state index is 12.5. The van der Waals surface area contributed by atoms with Crippen LogP contribution in [-0.2, 0) is 6.42 Å². The van der Waals surface area contributed by atoms with E-state index in [1.54, 1.807) is 0 Å². The molecule has 1 heterocycles. The van der Waals surface area contributed by atoms with E-state index in [1.807, 2.05) is 32.0 Å². The van der Waals surface area contributed by atoms with Crippen LogP contribution in [0.3, 0.4) is 0 Å². The summed E-state index contributed by atoms with van der Waals surface area (Å²) in [6.07, 6.45) is 0.985. The van der Waals surface area contributed by atoms with Crippen molar-refractivity contribution in [3.05, 3.63) is 58.1 Å².